The quantitative estimate of drug-likeness (QED) is 0.421. The van der Waals surface area contributed by atoms with E-state index in [0.717, 1.165) is 11.1 Å². The van der Waals surface area contributed by atoms with E-state index in [4.69, 9.17) is 4.74 Å². The molecular weight excluding hydrogens is 526 g/mol. The van der Waals surface area contributed by atoms with Gasteiger partial charge in [-0.15, -0.1) is 0 Å². The van der Waals surface area contributed by atoms with Crippen molar-refractivity contribution < 1.29 is 22.7 Å². The van der Waals surface area contributed by atoms with Gasteiger partial charge in [-0.3, -0.25) is 9.69 Å². The normalized spacial score (nSPS) is 18.2. The van der Waals surface area contributed by atoms with Gasteiger partial charge < -0.3 is 14.5 Å². The molecule has 0 N–H and O–H groups in total. The van der Waals surface area contributed by atoms with E-state index in [1.54, 1.807) is 4.90 Å². The third-order valence-electron chi connectivity index (χ3n) is 7.92. The van der Waals surface area contributed by atoms with Gasteiger partial charge in [-0.1, -0.05) is 53.7 Å². The second-order valence-electron chi connectivity index (χ2n) is 13.4. The Hall–Kier alpha value is -2.13. The summed E-state index contributed by atoms with van der Waals surface area (Å²) in [6, 6.07) is 4.16. The molecule has 0 spiro atoms. The van der Waals surface area contributed by atoms with Gasteiger partial charge >= 0.3 is 6.09 Å². The van der Waals surface area contributed by atoms with Crippen LogP contribution in [-0.4, -0.2) is 85.9 Å². The zero-order valence-corrected chi connectivity index (χ0v) is 26.9. The minimum atomic E-state index is -3.57. The first-order chi connectivity index (χ1) is 18.5. The molecule has 2 amide bonds. The van der Waals surface area contributed by atoms with Crippen LogP contribution in [0.5, 0.6) is 0 Å². The van der Waals surface area contributed by atoms with E-state index in [-0.39, 0.29) is 35.6 Å². The topological polar surface area (TPSA) is 87.2 Å². The summed E-state index contributed by atoms with van der Waals surface area (Å²) in [5, 5.41) is 0. The maximum Gasteiger partial charge on any atom is 0.410 e. The summed E-state index contributed by atoms with van der Waals surface area (Å²) in [7, 11) is -3.57. The zero-order chi connectivity index (χ0) is 30.0. The Kier molecular flexibility index (Phi) is 10.4. The van der Waals surface area contributed by atoms with Crippen LogP contribution >= 0.6 is 0 Å². The van der Waals surface area contributed by atoms with E-state index in [2.05, 4.69) is 53.7 Å². The molecule has 3 rings (SSSR count). The Balaban J connectivity index is 1.63. The molecule has 2 aliphatic rings. The highest BCUT2D eigenvalue weighted by Gasteiger charge is 2.35. The van der Waals surface area contributed by atoms with Gasteiger partial charge in [0.1, 0.15) is 11.5 Å². The van der Waals surface area contributed by atoms with Gasteiger partial charge in [0, 0.05) is 45.2 Å². The predicted octanol–water partition coefficient (Wildman–Crippen LogP) is 5.58. The maximum absolute atomic E-state index is 13.9. The van der Waals surface area contributed by atoms with Gasteiger partial charge in [0.05, 0.1) is 4.90 Å². The Morgan fingerprint density at radius 1 is 0.825 bits per heavy atom. The van der Waals surface area contributed by atoms with Crippen molar-refractivity contribution >= 4 is 21.8 Å². The third-order valence-corrected chi connectivity index (χ3v) is 9.72. The number of amides is 2. The Morgan fingerprint density at radius 3 is 1.75 bits per heavy atom. The van der Waals surface area contributed by atoms with Crippen molar-refractivity contribution in [2.24, 2.45) is 5.92 Å². The van der Waals surface area contributed by atoms with Crippen LogP contribution in [0.3, 0.4) is 0 Å². The summed E-state index contributed by atoms with van der Waals surface area (Å²) in [6.45, 7) is 21.2. The summed E-state index contributed by atoms with van der Waals surface area (Å²) >= 11 is 0. The minimum Gasteiger partial charge on any atom is -0.444 e. The lowest BCUT2D eigenvalue weighted by Gasteiger charge is -2.38. The summed E-state index contributed by atoms with van der Waals surface area (Å²) in [5.41, 5.74) is 2.44. The smallest absolute Gasteiger partial charge is 0.410 e. The fourth-order valence-electron chi connectivity index (χ4n) is 5.54. The van der Waals surface area contributed by atoms with Crippen LogP contribution in [-0.2, 0) is 19.4 Å². The SMILES string of the molecule is CC(C)c1cc(C(C)C)c(S(=O)(=O)CN2CCN(C(=O)C3CCN(C(=O)OC(C)(C)C)CC3)CC2)c(C(C)C)c1. The van der Waals surface area contributed by atoms with Crippen LogP contribution in [0.1, 0.15) is 110 Å². The molecule has 2 fully saturated rings. The molecule has 9 heteroatoms. The first-order valence-corrected chi connectivity index (χ1v) is 16.5. The number of likely N-dealkylation sites (tertiary alicyclic amines) is 1. The standard InChI is InChI=1S/C31H51N3O5S/c1-21(2)25-18-26(22(3)4)28(27(19-25)23(5)6)40(37,38)20-32-14-16-33(17-15-32)29(35)24-10-12-34(13-11-24)30(36)39-31(7,8)9/h18-19,21-24H,10-17,20H2,1-9H3. The van der Waals surface area contributed by atoms with Crippen molar-refractivity contribution in [1.82, 2.24) is 14.7 Å². The van der Waals surface area contributed by atoms with Crippen molar-refractivity contribution in [3.63, 3.8) is 0 Å². The zero-order valence-electron chi connectivity index (χ0n) is 26.1. The number of sulfone groups is 1. The minimum absolute atomic E-state index is 0.0379. The molecule has 8 nitrogen and oxygen atoms in total. The first kappa shape index (κ1) is 32.4. The van der Waals surface area contributed by atoms with Crippen molar-refractivity contribution in [3.8, 4) is 0 Å². The molecule has 0 saturated carbocycles. The largest absolute Gasteiger partial charge is 0.444 e. The number of hydrogen-bond donors (Lipinski definition) is 0. The van der Waals surface area contributed by atoms with E-state index in [1.165, 1.54) is 5.56 Å². The first-order valence-electron chi connectivity index (χ1n) is 14.9. The molecule has 0 atom stereocenters. The number of carbonyl (C=O) groups is 2. The van der Waals surface area contributed by atoms with E-state index < -0.39 is 15.4 Å². The molecular formula is C31H51N3O5S. The van der Waals surface area contributed by atoms with Crippen molar-refractivity contribution in [2.75, 3.05) is 45.1 Å². The van der Waals surface area contributed by atoms with Crippen LogP contribution in [0.4, 0.5) is 4.79 Å². The van der Waals surface area contributed by atoms with Crippen molar-refractivity contribution in [1.29, 1.82) is 0 Å². The average molecular weight is 578 g/mol. The molecule has 1 aromatic rings. The number of rotatable bonds is 7. The lowest BCUT2D eigenvalue weighted by atomic mass is 9.89. The average Bonchev–Trinajstić information content (AvgIpc) is 2.86. The predicted molar refractivity (Wildman–Crippen MR) is 159 cm³/mol. The van der Waals surface area contributed by atoms with Gasteiger partial charge in [0.25, 0.3) is 0 Å². The van der Waals surface area contributed by atoms with Gasteiger partial charge in [0.15, 0.2) is 9.84 Å². The molecule has 2 heterocycles. The Labute approximate surface area is 242 Å². The summed E-state index contributed by atoms with van der Waals surface area (Å²) in [4.78, 5) is 31.6. The number of piperazine rings is 1. The van der Waals surface area contributed by atoms with Crippen LogP contribution in [0.2, 0.25) is 0 Å². The lowest BCUT2D eigenvalue weighted by molar-refractivity contribution is -0.138. The molecule has 40 heavy (non-hydrogen) atoms. The highest BCUT2D eigenvalue weighted by Crippen LogP contribution is 2.36. The van der Waals surface area contributed by atoms with Gasteiger partial charge in [-0.05, 0) is 68.1 Å². The molecule has 226 valence electrons. The van der Waals surface area contributed by atoms with E-state index in [1.807, 2.05) is 30.6 Å². The Bertz CT molecular complexity index is 1120. The molecule has 0 bridgehead atoms. The van der Waals surface area contributed by atoms with Gasteiger partial charge in [0.2, 0.25) is 5.91 Å². The third kappa shape index (κ3) is 7.99. The van der Waals surface area contributed by atoms with Crippen LogP contribution in [0, 0.1) is 5.92 Å². The van der Waals surface area contributed by atoms with Gasteiger partial charge in [-0.2, -0.15) is 0 Å². The fraction of sp³-hybridized carbons (Fsp3) is 0.742. The van der Waals surface area contributed by atoms with E-state index in [0.29, 0.717) is 62.9 Å². The summed E-state index contributed by atoms with van der Waals surface area (Å²) < 4.78 is 33.3. The molecule has 0 aromatic heterocycles. The second-order valence-corrected chi connectivity index (χ2v) is 15.3. The van der Waals surface area contributed by atoms with Crippen molar-refractivity contribution in [2.45, 2.75) is 103 Å². The molecule has 2 saturated heterocycles. The van der Waals surface area contributed by atoms with Crippen LogP contribution in [0.15, 0.2) is 17.0 Å². The van der Waals surface area contributed by atoms with Crippen LogP contribution < -0.4 is 0 Å². The number of ether oxygens (including phenoxy) is 1. The number of piperidine rings is 1. The van der Waals surface area contributed by atoms with E-state index >= 15 is 0 Å². The highest BCUT2D eigenvalue weighted by molar-refractivity contribution is 7.91. The highest BCUT2D eigenvalue weighted by atomic mass is 32.2. The molecule has 1 aromatic carbocycles. The summed E-state index contributed by atoms with van der Waals surface area (Å²) in [6.07, 6.45) is 0.914. The molecule has 0 aliphatic carbocycles. The molecule has 2 aliphatic heterocycles. The number of carbonyl (C=O) groups excluding carboxylic acids is 2. The van der Waals surface area contributed by atoms with E-state index in [9.17, 15) is 18.0 Å². The molecule has 0 unspecified atom stereocenters. The van der Waals surface area contributed by atoms with Gasteiger partial charge in [-0.25, -0.2) is 13.2 Å². The monoisotopic (exact) mass is 577 g/mol. The van der Waals surface area contributed by atoms with Crippen LogP contribution in [0.25, 0.3) is 0 Å². The fourth-order valence-corrected chi connectivity index (χ4v) is 7.72. The van der Waals surface area contributed by atoms with Crippen molar-refractivity contribution in [3.05, 3.63) is 28.8 Å². The lowest BCUT2D eigenvalue weighted by Crippen LogP contribution is -2.52. The molecule has 0 radical (unpaired) electrons. The summed E-state index contributed by atoms with van der Waals surface area (Å²) in [5.74, 6) is 0.468. The number of benzene rings is 1. The Morgan fingerprint density at radius 2 is 1.32 bits per heavy atom. The second kappa shape index (κ2) is 12.8. The number of nitrogens with zero attached hydrogens (tertiary/aromatic N) is 3. The maximum atomic E-state index is 13.9. The number of hydrogen-bond acceptors (Lipinski definition) is 6.